The summed E-state index contributed by atoms with van der Waals surface area (Å²) in [6.45, 7) is 0.998. The maximum absolute atomic E-state index is 12.1. The van der Waals surface area contributed by atoms with E-state index in [1.807, 2.05) is 72.8 Å². The Morgan fingerprint density at radius 3 is 2.29 bits per heavy atom. The summed E-state index contributed by atoms with van der Waals surface area (Å²) >= 11 is 0. The molecule has 0 aliphatic heterocycles. The first-order valence-corrected chi connectivity index (χ1v) is 10.1. The van der Waals surface area contributed by atoms with Crippen LogP contribution in [0.3, 0.4) is 0 Å². The fourth-order valence-corrected chi connectivity index (χ4v) is 3.10. The van der Waals surface area contributed by atoms with E-state index in [-0.39, 0.29) is 12.2 Å². The zero-order valence-corrected chi connectivity index (χ0v) is 17.4. The van der Waals surface area contributed by atoms with E-state index in [1.165, 1.54) is 6.92 Å². The minimum Gasteiger partial charge on any atom is -0.461 e. The van der Waals surface area contributed by atoms with E-state index < -0.39 is 24.5 Å². The van der Waals surface area contributed by atoms with Gasteiger partial charge in [0, 0.05) is 12.0 Å². The summed E-state index contributed by atoms with van der Waals surface area (Å²) in [5.74, 6) is 0.233. The Kier molecular flexibility index (Phi) is 7.76. The molecule has 160 valence electrons. The SMILES string of the molecule is CC(=O)[C@H](Cc1ccccc1)NC(=O)COC(=O)CCc1ccc(-c2ccccc2)o1. The summed E-state index contributed by atoms with van der Waals surface area (Å²) in [6, 6.07) is 22.1. The van der Waals surface area contributed by atoms with Crippen molar-refractivity contribution >= 4 is 17.7 Å². The van der Waals surface area contributed by atoms with E-state index in [0.29, 0.717) is 18.6 Å². The first kappa shape index (κ1) is 22.0. The molecule has 6 nitrogen and oxygen atoms in total. The predicted octanol–water partition coefficient (Wildman–Crippen LogP) is 3.74. The maximum Gasteiger partial charge on any atom is 0.306 e. The van der Waals surface area contributed by atoms with Gasteiger partial charge in [0.2, 0.25) is 0 Å². The van der Waals surface area contributed by atoms with E-state index in [4.69, 9.17) is 9.15 Å². The molecule has 2 aromatic carbocycles. The van der Waals surface area contributed by atoms with Crippen LogP contribution in [0.1, 0.15) is 24.7 Å². The summed E-state index contributed by atoms with van der Waals surface area (Å²) in [5, 5.41) is 2.63. The van der Waals surface area contributed by atoms with Crippen molar-refractivity contribution in [2.45, 2.75) is 32.2 Å². The van der Waals surface area contributed by atoms with Gasteiger partial charge in [-0.3, -0.25) is 14.4 Å². The molecule has 3 rings (SSSR count). The number of hydrogen-bond acceptors (Lipinski definition) is 5. The van der Waals surface area contributed by atoms with Gasteiger partial charge in [-0.05, 0) is 31.0 Å². The Bertz CT molecular complexity index is 1010. The van der Waals surface area contributed by atoms with Crippen LogP contribution in [0.15, 0.2) is 77.2 Å². The lowest BCUT2D eigenvalue weighted by Gasteiger charge is -2.16. The number of Topliss-reactive ketones (excluding diaryl/α,β-unsaturated/α-hetero) is 1. The number of hydrogen-bond donors (Lipinski definition) is 1. The molecule has 0 saturated carbocycles. The number of nitrogens with one attached hydrogen (secondary N) is 1. The van der Waals surface area contributed by atoms with E-state index in [9.17, 15) is 14.4 Å². The number of amides is 1. The number of aryl methyl sites for hydroxylation is 1. The molecular formula is C25H25NO5. The van der Waals surface area contributed by atoms with E-state index in [2.05, 4.69) is 5.32 Å². The molecule has 31 heavy (non-hydrogen) atoms. The Balaban J connectivity index is 1.42. The molecule has 0 fully saturated rings. The van der Waals surface area contributed by atoms with Gasteiger partial charge >= 0.3 is 5.97 Å². The second-order valence-corrected chi connectivity index (χ2v) is 7.21. The van der Waals surface area contributed by atoms with Crippen LogP contribution in [-0.4, -0.2) is 30.3 Å². The molecule has 0 spiro atoms. The Labute approximate surface area is 181 Å². The molecule has 0 unspecified atom stereocenters. The van der Waals surface area contributed by atoms with Gasteiger partial charge in [0.05, 0.1) is 12.5 Å². The highest BCUT2D eigenvalue weighted by molar-refractivity contribution is 5.88. The molecular weight excluding hydrogens is 394 g/mol. The summed E-state index contributed by atoms with van der Waals surface area (Å²) in [5.41, 5.74) is 1.90. The first-order valence-electron chi connectivity index (χ1n) is 10.1. The van der Waals surface area contributed by atoms with Crippen LogP contribution in [-0.2, 0) is 32.0 Å². The predicted molar refractivity (Wildman–Crippen MR) is 116 cm³/mol. The zero-order chi connectivity index (χ0) is 22.1. The molecule has 0 aliphatic carbocycles. The second kappa shape index (κ2) is 10.9. The lowest BCUT2D eigenvalue weighted by Crippen LogP contribution is -2.43. The average molecular weight is 419 g/mol. The highest BCUT2D eigenvalue weighted by atomic mass is 16.5. The topological polar surface area (TPSA) is 85.6 Å². The second-order valence-electron chi connectivity index (χ2n) is 7.21. The highest BCUT2D eigenvalue weighted by Gasteiger charge is 2.18. The largest absolute Gasteiger partial charge is 0.461 e. The van der Waals surface area contributed by atoms with Crippen LogP contribution in [0.4, 0.5) is 0 Å². The van der Waals surface area contributed by atoms with E-state index in [0.717, 1.165) is 16.9 Å². The van der Waals surface area contributed by atoms with Gasteiger partial charge < -0.3 is 14.5 Å². The summed E-state index contributed by atoms with van der Waals surface area (Å²) in [7, 11) is 0. The van der Waals surface area contributed by atoms with Gasteiger partial charge in [0.1, 0.15) is 11.5 Å². The molecule has 1 amide bonds. The average Bonchev–Trinajstić information content (AvgIpc) is 3.26. The van der Waals surface area contributed by atoms with Crippen molar-refractivity contribution in [2.75, 3.05) is 6.61 Å². The molecule has 1 aromatic heterocycles. The van der Waals surface area contributed by atoms with Gasteiger partial charge in [-0.2, -0.15) is 0 Å². The fourth-order valence-electron chi connectivity index (χ4n) is 3.10. The monoisotopic (exact) mass is 419 g/mol. The van der Waals surface area contributed by atoms with Crippen molar-refractivity contribution in [1.29, 1.82) is 0 Å². The van der Waals surface area contributed by atoms with Crippen LogP contribution in [0.2, 0.25) is 0 Å². The summed E-state index contributed by atoms with van der Waals surface area (Å²) in [4.78, 5) is 36.0. The number of carbonyl (C=O) groups excluding carboxylic acids is 3. The van der Waals surface area contributed by atoms with Crippen molar-refractivity contribution in [3.8, 4) is 11.3 Å². The molecule has 6 heteroatoms. The first-order chi connectivity index (χ1) is 15.0. The maximum atomic E-state index is 12.1. The fraction of sp³-hybridized carbons (Fsp3) is 0.240. The van der Waals surface area contributed by atoms with Crippen LogP contribution < -0.4 is 5.32 Å². The molecule has 1 atom stereocenters. The Hall–Kier alpha value is -3.67. The van der Waals surface area contributed by atoms with Gasteiger partial charge in [-0.15, -0.1) is 0 Å². The van der Waals surface area contributed by atoms with Crippen LogP contribution >= 0.6 is 0 Å². The highest BCUT2D eigenvalue weighted by Crippen LogP contribution is 2.22. The lowest BCUT2D eigenvalue weighted by molar-refractivity contribution is -0.148. The minimum atomic E-state index is -0.659. The zero-order valence-electron chi connectivity index (χ0n) is 17.4. The van der Waals surface area contributed by atoms with Gasteiger partial charge in [-0.1, -0.05) is 60.7 Å². The number of furan rings is 1. The molecule has 0 radical (unpaired) electrons. The van der Waals surface area contributed by atoms with Crippen LogP contribution in [0, 0.1) is 0 Å². The smallest absolute Gasteiger partial charge is 0.306 e. The summed E-state index contributed by atoms with van der Waals surface area (Å²) in [6.07, 6.45) is 0.852. The van der Waals surface area contributed by atoms with E-state index in [1.54, 1.807) is 0 Å². The number of ether oxygens (including phenoxy) is 1. The van der Waals surface area contributed by atoms with Crippen LogP contribution in [0.25, 0.3) is 11.3 Å². The Morgan fingerprint density at radius 2 is 1.61 bits per heavy atom. The van der Waals surface area contributed by atoms with Gasteiger partial charge in [0.15, 0.2) is 12.4 Å². The van der Waals surface area contributed by atoms with Crippen molar-refractivity contribution in [3.05, 3.63) is 84.1 Å². The van der Waals surface area contributed by atoms with Gasteiger partial charge in [-0.25, -0.2) is 0 Å². The lowest BCUT2D eigenvalue weighted by atomic mass is 10.0. The summed E-state index contributed by atoms with van der Waals surface area (Å²) < 4.78 is 10.8. The molecule has 0 saturated heterocycles. The molecule has 1 heterocycles. The third-order valence-electron chi connectivity index (χ3n) is 4.77. The number of ketones is 1. The number of rotatable bonds is 10. The van der Waals surface area contributed by atoms with Crippen molar-refractivity contribution in [1.82, 2.24) is 5.32 Å². The molecule has 0 bridgehead atoms. The van der Waals surface area contributed by atoms with Crippen LogP contribution in [0.5, 0.6) is 0 Å². The molecule has 3 aromatic rings. The van der Waals surface area contributed by atoms with Crippen molar-refractivity contribution in [2.24, 2.45) is 0 Å². The van der Waals surface area contributed by atoms with Crippen molar-refractivity contribution in [3.63, 3.8) is 0 Å². The normalized spacial score (nSPS) is 11.5. The molecule has 0 aliphatic rings. The third kappa shape index (κ3) is 6.96. The Morgan fingerprint density at radius 1 is 0.935 bits per heavy atom. The molecule has 1 N–H and O–H groups in total. The number of carbonyl (C=O) groups is 3. The van der Waals surface area contributed by atoms with Gasteiger partial charge in [0.25, 0.3) is 5.91 Å². The van der Waals surface area contributed by atoms with Crippen molar-refractivity contribution < 1.29 is 23.5 Å². The minimum absolute atomic E-state index is 0.0924. The quantitative estimate of drug-likeness (QED) is 0.506. The third-order valence-corrected chi connectivity index (χ3v) is 4.77. The number of esters is 1. The standard InChI is InChI=1S/C25H25NO5/c1-18(27)22(16-19-8-4-2-5-9-19)26-24(28)17-30-25(29)15-13-21-12-14-23(31-21)20-10-6-3-7-11-20/h2-12,14,22H,13,15-17H2,1H3,(H,26,28)/t22-/m0/s1. The van der Waals surface area contributed by atoms with E-state index >= 15 is 0 Å². The number of benzene rings is 2.